The fourth-order valence-corrected chi connectivity index (χ4v) is 1.95. The van der Waals surface area contributed by atoms with Crippen LogP contribution in [0.4, 0.5) is 0 Å². The van der Waals surface area contributed by atoms with Crippen LogP contribution in [0.2, 0.25) is 0 Å². The van der Waals surface area contributed by atoms with Crippen molar-refractivity contribution in [2.75, 3.05) is 7.05 Å². The van der Waals surface area contributed by atoms with Gasteiger partial charge in [0.25, 0.3) is 0 Å². The van der Waals surface area contributed by atoms with Gasteiger partial charge in [-0.2, -0.15) is 0 Å². The molecule has 1 unspecified atom stereocenters. The van der Waals surface area contributed by atoms with E-state index < -0.39 is 0 Å². The quantitative estimate of drug-likeness (QED) is 0.691. The first-order valence-corrected chi connectivity index (χ1v) is 4.35. The summed E-state index contributed by atoms with van der Waals surface area (Å²) in [6.45, 7) is 4.33. The molecule has 2 heteroatoms. The van der Waals surface area contributed by atoms with Crippen LogP contribution in [0.15, 0.2) is 11.4 Å². The van der Waals surface area contributed by atoms with Crippen LogP contribution < -0.4 is 5.32 Å². The molecule has 0 amide bonds. The highest BCUT2D eigenvalue weighted by Crippen LogP contribution is 2.22. The zero-order chi connectivity index (χ0) is 7.56. The Morgan fingerprint density at radius 3 is 2.70 bits per heavy atom. The SMILES string of the molecule is CNC(C)c1sccc1C. The van der Waals surface area contributed by atoms with Gasteiger partial charge in [-0.15, -0.1) is 11.3 Å². The maximum Gasteiger partial charge on any atom is 0.0386 e. The van der Waals surface area contributed by atoms with Gasteiger partial charge in [0.2, 0.25) is 0 Å². The van der Waals surface area contributed by atoms with Crippen molar-refractivity contribution in [1.29, 1.82) is 0 Å². The lowest BCUT2D eigenvalue weighted by molar-refractivity contribution is 0.661. The topological polar surface area (TPSA) is 12.0 Å². The minimum absolute atomic E-state index is 0.500. The average Bonchev–Trinajstić information content (AvgIpc) is 2.34. The third-order valence-electron chi connectivity index (χ3n) is 1.73. The molecule has 1 nitrogen and oxygen atoms in total. The second-order valence-corrected chi connectivity index (χ2v) is 3.43. The largest absolute Gasteiger partial charge is 0.313 e. The molecular formula is C8H13NS. The van der Waals surface area contributed by atoms with Gasteiger partial charge in [0.1, 0.15) is 0 Å². The molecule has 0 radical (unpaired) electrons. The normalized spacial score (nSPS) is 13.5. The Balaban J connectivity index is 2.82. The van der Waals surface area contributed by atoms with Crippen LogP contribution >= 0.6 is 11.3 Å². The van der Waals surface area contributed by atoms with Crippen LogP contribution in [-0.4, -0.2) is 7.05 Å². The van der Waals surface area contributed by atoms with Gasteiger partial charge >= 0.3 is 0 Å². The van der Waals surface area contributed by atoms with E-state index in [0.717, 1.165) is 0 Å². The van der Waals surface area contributed by atoms with Crippen LogP contribution in [0, 0.1) is 6.92 Å². The van der Waals surface area contributed by atoms with Gasteiger partial charge in [-0.05, 0) is 37.9 Å². The van der Waals surface area contributed by atoms with Crippen molar-refractivity contribution in [2.45, 2.75) is 19.9 Å². The molecule has 1 atom stereocenters. The summed E-state index contributed by atoms with van der Waals surface area (Å²) in [6, 6.07) is 2.66. The first-order valence-electron chi connectivity index (χ1n) is 3.47. The summed E-state index contributed by atoms with van der Waals surface area (Å²) in [4.78, 5) is 1.45. The predicted octanol–water partition coefficient (Wildman–Crippen LogP) is 2.34. The van der Waals surface area contributed by atoms with Crippen molar-refractivity contribution in [1.82, 2.24) is 5.32 Å². The molecule has 0 aliphatic heterocycles. The zero-order valence-corrected chi connectivity index (χ0v) is 7.46. The lowest BCUT2D eigenvalue weighted by atomic mass is 10.2. The van der Waals surface area contributed by atoms with Crippen molar-refractivity contribution < 1.29 is 0 Å². The van der Waals surface area contributed by atoms with E-state index in [2.05, 4.69) is 30.6 Å². The standard InChI is InChI=1S/C8H13NS/c1-6-4-5-10-8(6)7(2)9-3/h4-5,7,9H,1-3H3. The predicted molar refractivity (Wildman–Crippen MR) is 46.5 cm³/mol. The van der Waals surface area contributed by atoms with Gasteiger partial charge in [-0.3, -0.25) is 0 Å². The Bertz CT molecular complexity index is 205. The fourth-order valence-electron chi connectivity index (χ4n) is 0.959. The lowest BCUT2D eigenvalue weighted by Gasteiger charge is -2.07. The number of hydrogen-bond acceptors (Lipinski definition) is 2. The molecule has 0 bridgehead atoms. The first-order chi connectivity index (χ1) is 4.75. The summed E-state index contributed by atoms with van der Waals surface area (Å²) < 4.78 is 0. The molecular weight excluding hydrogens is 142 g/mol. The average molecular weight is 155 g/mol. The van der Waals surface area contributed by atoms with E-state index in [1.54, 1.807) is 0 Å². The summed E-state index contributed by atoms with van der Waals surface area (Å²) in [5.74, 6) is 0. The van der Waals surface area contributed by atoms with Gasteiger partial charge in [-0.1, -0.05) is 0 Å². The minimum Gasteiger partial charge on any atom is -0.313 e. The van der Waals surface area contributed by atoms with E-state index in [9.17, 15) is 0 Å². The highest BCUT2D eigenvalue weighted by molar-refractivity contribution is 7.10. The summed E-state index contributed by atoms with van der Waals surface area (Å²) in [7, 11) is 1.99. The van der Waals surface area contributed by atoms with Crippen LogP contribution in [0.5, 0.6) is 0 Å². The van der Waals surface area contributed by atoms with Crippen LogP contribution in [0.3, 0.4) is 0 Å². The lowest BCUT2D eigenvalue weighted by Crippen LogP contribution is -2.11. The fraction of sp³-hybridized carbons (Fsp3) is 0.500. The molecule has 10 heavy (non-hydrogen) atoms. The molecule has 1 aromatic heterocycles. The molecule has 1 N–H and O–H groups in total. The van der Waals surface area contributed by atoms with Gasteiger partial charge < -0.3 is 5.32 Å². The molecule has 0 aromatic carbocycles. The van der Waals surface area contributed by atoms with E-state index in [-0.39, 0.29) is 0 Å². The Hall–Kier alpha value is -0.340. The number of aryl methyl sites for hydroxylation is 1. The monoisotopic (exact) mass is 155 g/mol. The maximum absolute atomic E-state index is 3.22. The van der Waals surface area contributed by atoms with Crippen molar-refractivity contribution in [2.24, 2.45) is 0 Å². The van der Waals surface area contributed by atoms with Crippen molar-refractivity contribution in [3.8, 4) is 0 Å². The Morgan fingerprint density at radius 2 is 2.30 bits per heavy atom. The van der Waals surface area contributed by atoms with E-state index >= 15 is 0 Å². The van der Waals surface area contributed by atoms with Crippen LogP contribution in [0.1, 0.15) is 23.4 Å². The summed E-state index contributed by atoms with van der Waals surface area (Å²) in [5, 5.41) is 5.36. The van der Waals surface area contributed by atoms with Crippen LogP contribution in [-0.2, 0) is 0 Å². The molecule has 1 rings (SSSR count). The highest BCUT2D eigenvalue weighted by Gasteiger charge is 2.05. The second kappa shape index (κ2) is 3.17. The van der Waals surface area contributed by atoms with Crippen LogP contribution in [0.25, 0.3) is 0 Å². The summed E-state index contributed by atoms with van der Waals surface area (Å²) in [5.41, 5.74) is 1.40. The molecule has 0 aliphatic rings. The summed E-state index contributed by atoms with van der Waals surface area (Å²) in [6.07, 6.45) is 0. The van der Waals surface area contributed by atoms with Gasteiger partial charge in [0, 0.05) is 10.9 Å². The van der Waals surface area contributed by atoms with Crippen molar-refractivity contribution >= 4 is 11.3 Å². The second-order valence-electron chi connectivity index (χ2n) is 2.48. The van der Waals surface area contributed by atoms with E-state index in [4.69, 9.17) is 0 Å². The molecule has 56 valence electrons. The maximum atomic E-state index is 3.22. The summed E-state index contributed by atoms with van der Waals surface area (Å²) >= 11 is 1.82. The number of hydrogen-bond donors (Lipinski definition) is 1. The smallest absolute Gasteiger partial charge is 0.0386 e. The van der Waals surface area contributed by atoms with E-state index in [0.29, 0.717) is 6.04 Å². The molecule has 0 aliphatic carbocycles. The Labute approximate surface area is 66.1 Å². The Morgan fingerprint density at radius 1 is 1.60 bits per heavy atom. The molecule has 0 spiro atoms. The van der Waals surface area contributed by atoms with Gasteiger partial charge in [0.15, 0.2) is 0 Å². The number of thiophene rings is 1. The highest BCUT2D eigenvalue weighted by atomic mass is 32.1. The Kier molecular flexibility index (Phi) is 2.46. The molecule has 1 aromatic rings. The zero-order valence-electron chi connectivity index (χ0n) is 6.64. The number of nitrogens with one attached hydrogen (secondary N) is 1. The molecule has 0 saturated heterocycles. The van der Waals surface area contributed by atoms with Gasteiger partial charge in [-0.25, -0.2) is 0 Å². The van der Waals surface area contributed by atoms with E-state index in [1.165, 1.54) is 10.4 Å². The molecule has 1 heterocycles. The minimum atomic E-state index is 0.500. The van der Waals surface area contributed by atoms with Gasteiger partial charge in [0.05, 0.1) is 0 Å². The third-order valence-corrected chi connectivity index (χ3v) is 2.93. The van der Waals surface area contributed by atoms with E-state index in [1.807, 2.05) is 18.4 Å². The van der Waals surface area contributed by atoms with Crippen molar-refractivity contribution in [3.63, 3.8) is 0 Å². The first kappa shape index (κ1) is 7.76. The number of rotatable bonds is 2. The molecule has 0 fully saturated rings. The molecule has 0 saturated carbocycles. The van der Waals surface area contributed by atoms with Crippen molar-refractivity contribution in [3.05, 3.63) is 21.9 Å². The third kappa shape index (κ3) is 1.39.